The predicted molar refractivity (Wildman–Crippen MR) is 63.4 cm³/mol. The van der Waals surface area contributed by atoms with Crippen molar-refractivity contribution in [2.75, 3.05) is 0 Å². The molecule has 0 amide bonds. The van der Waals surface area contributed by atoms with Crippen LogP contribution in [0.4, 0.5) is 4.39 Å². The van der Waals surface area contributed by atoms with Gasteiger partial charge in [-0.25, -0.2) is 9.37 Å². The first-order valence-corrected chi connectivity index (χ1v) is 5.65. The summed E-state index contributed by atoms with van der Waals surface area (Å²) in [7, 11) is 0. The van der Waals surface area contributed by atoms with Crippen LogP contribution in [-0.4, -0.2) is 14.7 Å². The summed E-state index contributed by atoms with van der Waals surface area (Å²) in [5.41, 5.74) is 0.525. The van der Waals surface area contributed by atoms with Crippen molar-refractivity contribution in [3.63, 3.8) is 0 Å². The van der Waals surface area contributed by atoms with Crippen molar-refractivity contribution in [2.45, 2.75) is 19.6 Å². The fourth-order valence-corrected chi connectivity index (χ4v) is 1.86. The number of aliphatic hydroxyl groups is 1. The van der Waals surface area contributed by atoms with Gasteiger partial charge in [0.05, 0.1) is 5.02 Å². The lowest BCUT2D eigenvalue weighted by Gasteiger charge is -2.12. The fourth-order valence-electron chi connectivity index (χ4n) is 1.67. The SMILES string of the molecule is CCn1ccnc1C(O)c1ccc(F)c(Cl)c1. The molecule has 1 aromatic heterocycles. The Kier molecular flexibility index (Phi) is 3.45. The van der Waals surface area contributed by atoms with Gasteiger partial charge in [0.2, 0.25) is 0 Å². The van der Waals surface area contributed by atoms with E-state index in [0.717, 1.165) is 0 Å². The predicted octanol–water partition coefficient (Wildman–Crippen LogP) is 2.78. The number of nitrogens with zero attached hydrogens (tertiary/aromatic N) is 2. The molecule has 0 aliphatic heterocycles. The Morgan fingerprint density at radius 1 is 1.53 bits per heavy atom. The second-order valence-corrected chi connectivity index (χ2v) is 4.05. The van der Waals surface area contributed by atoms with E-state index in [-0.39, 0.29) is 5.02 Å². The average molecular weight is 255 g/mol. The van der Waals surface area contributed by atoms with Crippen LogP contribution in [0.25, 0.3) is 0 Å². The Morgan fingerprint density at radius 3 is 2.94 bits per heavy atom. The van der Waals surface area contributed by atoms with Gasteiger partial charge in [0.15, 0.2) is 0 Å². The number of hydrogen-bond donors (Lipinski definition) is 1. The first-order chi connectivity index (χ1) is 8.13. The maximum Gasteiger partial charge on any atom is 0.142 e. The minimum absolute atomic E-state index is 0.00356. The van der Waals surface area contributed by atoms with Gasteiger partial charge in [-0.05, 0) is 24.6 Å². The van der Waals surface area contributed by atoms with Crippen molar-refractivity contribution in [1.29, 1.82) is 0 Å². The van der Waals surface area contributed by atoms with E-state index in [0.29, 0.717) is 17.9 Å². The van der Waals surface area contributed by atoms with E-state index in [1.807, 2.05) is 11.5 Å². The van der Waals surface area contributed by atoms with Crippen LogP contribution in [0.2, 0.25) is 5.02 Å². The Bertz CT molecular complexity index is 527. The molecule has 0 aliphatic carbocycles. The molecule has 5 heteroatoms. The van der Waals surface area contributed by atoms with Crippen molar-refractivity contribution in [1.82, 2.24) is 9.55 Å². The molecule has 0 saturated carbocycles. The first kappa shape index (κ1) is 12.1. The van der Waals surface area contributed by atoms with Crippen LogP contribution in [0.3, 0.4) is 0 Å². The fraction of sp³-hybridized carbons (Fsp3) is 0.250. The molecule has 0 aliphatic rings. The van der Waals surface area contributed by atoms with Gasteiger partial charge >= 0.3 is 0 Å². The Hall–Kier alpha value is -1.39. The van der Waals surface area contributed by atoms with Crippen molar-refractivity contribution in [3.8, 4) is 0 Å². The van der Waals surface area contributed by atoms with Crippen LogP contribution in [0, 0.1) is 5.82 Å². The van der Waals surface area contributed by atoms with Crippen molar-refractivity contribution >= 4 is 11.6 Å². The molecule has 1 unspecified atom stereocenters. The lowest BCUT2D eigenvalue weighted by Crippen LogP contribution is -2.09. The summed E-state index contributed by atoms with van der Waals surface area (Å²) in [4.78, 5) is 4.09. The molecule has 2 aromatic rings. The van der Waals surface area contributed by atoms with Gasteiger partial charge in [-0.15, -0.1) is 0 Å². The summed E-state index contributed by atoms with van der Waals surface area (Å²) in [6, 6.07) is 4.15. The lowest BCUT2D eigenvalue weighted by atomic mass is 10.1. The van der Waals surface area contributed by atoms with Gasteiger partial charge in [0.25, 0.3) is 0 Å². The van der Waals surface area contributed by atoms with Crippen LogP contribution >= 0.6 is 11.6 Å². The van der Waals surface area contributed by atoms with Gasteiger partial charge in [0, 0.05) is 18.9 Å². The van der Waals surface area contributed by atoms with E-state index in [9.17, 15) is 9.50 Å². The second-order valence-electron chi connectivity index (χ2n) is 3.65. The molecule has 0 fully saturated rings. The number of halogens is 2. The van der Waals surface area contributed by atoms with Gasteiger partial charge < -0.3 is 9.67 Å². The van der Waals surface area contributed by atoms with E-state index in [4.69, 9.17) is 11.6 Å². The molecular formula is C12H12ClFN2O. The molecule has 17 heavy (non-hydrogen) atoms. The number of aryl methyl sites for hydroxylation is 1. The molecule has 3 nitrogen and oxygen atoms in total. The highest BCUT2D eigenvalue weighted by atomic mass is 35.5. The number of hydrogen-bond acceptors (Lipinski definition) is 2. The molecular weight excluding hydrogens is 243 g/mol. The average Bonchev–Trinajstić information content (AvgIpc) is 2.80. The number of aliphatic hydroxyl groups excluding tert-OH is 1. The summed E-state index contributed by atoms with van der Waals surface area (Å²) < 4.78 is 14.8. The molecule has 1 N–H and O–H groups in total. The highest BCUT2D eigenvalue weighted by Gasteiger charge is 2.16. The normalized spacial score (nSPS) is 12.7. The number of rotatable bonds is 3. The standard InChI is InChI=1S/C12H12ClFN2O/c1-2-16-6-5-15-12(16)11(17)8-3-4-10(14)9(13)7-8/h3-7,11,17H,2H2,1H3. The maximum atomic E-state index is 13.0. The van der Waals surface area contributed by atoms with Crippen molar-refractivity contribution < 1.29 is 9.50 Å². The molecule has 0 spiro atoms. The minimum Gasteiger partial charge on any atom is -0.380 e. The summed E-state index contributed by atoms with van der Waals surface area (Å²) in [6.07, 6.45) is 2.50. The van der Waals surface area contributed by atoms with Crippen LogP contribution in [0.1, 0.15) is 24.4 Å². The zero-order valence-electron chi connectivity index (χ0n) is 9.27. The molecule has 1 aromatic carbocycles. The van der Waals surface area contributed by atoms with Crippen LogP contribution in [0.15, 0.2) is 30.6 Å². The number of benzene rings is 1. The van der Waals surface area contributed by atoms with Crippen molar-refractivity contribution in [2.24, 2.45) is 0 Å². The zero-order chi connectivity index (χ0) is 12.4. The second kappa shape index (κ2) is 4.85. The summed E-state index contributed by atoms with van der Waals surface area (Å²) in [5, 5.41) is 10.1. The van der Waals surface area contributed by atoms with E-state index in [1.54, 1.807) is 12.4 Å². The molecule has 90 valence electrons. The molecule has 1 atom stereocenters. The maximum absolute atomic E-state index is 13.0. The molecule has 0 saturated heterocycles. The third-order valence-corrected chi connectivity index (χ3v) is 2.88. The van der Waals surface area contributed by atoms with Crippen LogP contribution in [0.5, 0.6) is 0 Å². The third-order valence-electron chi connectivity index (χ3n) is 2.59. The Morgan fingerprint density at radius 2 is 2.29 bits per heavy atom. The third kappa shape index (κ3) is 2.33. The highest BCUT2D eigenvalue weighted by molar-refractivity contribution is 6.30. The smallest absolute Gasteiger partial charge is 0.142 e. The molecule has 0 bridgehead atoms. The topological polar surface area (TPSA) is 38.0 Å². The zero-order valence-corrected chi connectivity index (χ0v) is 10.0. The van der Waals surface area contributed by atoms with Crippen molar-refractivity contribution in [3.05, 3.63) is 52.8 Å². The Balaban J connectivity index is 2.36. The molecule has 2 rings (SSSR count). The first-order valence-electron chi connectivity index (χ1n) is 5.27. The minimum atomic E-state index is -0.900. The summed E-state index contributed by atoms with van der Waals surface area (Å²) in [5.74, 6) is 0.0247. The number of imidazole rings is 1. The summed E-state index contributed by atoms with van der Waals surface area (Å²) >= 11 is 5.68. The Labute approximate surface area is 103 Å². The van der Waals surface area contributed by atoms with E-state index in [1.165, 1.54) is 18.2 Å². The van der Waals surface area contributed by atoms with E-state index in [2.05, 4.69) is 4.98 Å². The van der Waals surface area contributed by atoms with Gasteiger partial charge in [-0.3, -0.25) is 0 Å². The molecule has 0 radical (unpaired) electrons. The van der Waals surface area contributed by atoms with Gasteiger partial charge in [-0.2, -0.15) is 0 Å². The highest BCUT2D eigenvalue weighted by Crippen LogP contribution is 2.24. The monoisotopic (exact) mass is 254 g/mol. The summed E-state index contributed by atoms with van der Waals surface area (Å²) in [6.45, 7) is 2.66. The quantitative estimate of drug-likeness (QED) is 0.915. The lowest BCUT2D eigenvalue weighted by molar-refractivity contribution is 0.204. The number of aromatic nitrogens is 2. The van der Waals surface area contributed by atoms with Gasteiger partial charge in [0.1, 0.15) is 17.7 Å². The van der Waals surface area contributed by atoms with Crippen LogP contribution < -0.4 is 0 Å². The largest absolute Gasteiger partial charge is 0.380 e. The molecule has 1 heterocycles. The van der Waals surface area contributed by atoms with Gasteiger partial charge in [-0.1, -0.05) is 17.7 Å². The van der Waals surface area contributed by atoms with E-state index >= 15 is 0 Å². The van der Waals surface area contributed by atoms with E-state index < -0.39 is 11.9 Å². The van der Waals surface area contributed by atoms with Crippen LogP contribution in [-0.2, 0) is 6.54 Å².